The minimum absolute atomic E-state index is 0. The second-order valence-electron chi connectivity index (χ2n) is 5.99. The highest BCUT2D eigenvalue weighted by Crippen LogP contribution is 2.08. The number of carbonyl (C=O) groups excluding carboxylic acids is 2. The lowest BCUT2D eigenvalue weighted by atomic mass is 10.1. The number of aromatic nitrogens is 3. The van der Waals surface area contributed by atoms with Crippen molar-refractivity contribution in [3.8, 4) is 0 Å². The Morgan fingerprint density at radius 2 is 1.39 bits per heavy atom. The molecule has 0 unspecified atom stereocenters. The molecule has 0 atom stereocenters. The highest BCUT2D eigenvalue weighted by atomic mass is 79.9. The van der Waals surface area contributed by atoms with E-state index >= 15 is 0 Å². The van der Waals surface area contributed by atoms with Gasteiger partial charge in [-0.25, -0.2) is 14.2 Å². The van der Waals surface area contributed by atoms with Crippen LogP contribution in [0.5, 0.6) is 0 Å². The number of halogens is 1. The Morgan fingerprint density at radius 3 is 1.89 bits per heavy atom. The second kappa shape index (κ2) is 9.80. The maximum Gasteiger partial charge on any atom is 0.337 e. The molecule has 0 aliphatic carbocycles. The Kier molecular flexibility index (Phi) is 7.45. The van der Waals surface area contributed by atoms with E-state index in [9.17, 15) is 9.59 Å². The number of ether oxygens (including phenoxy) is 2. The highest BCUT2D eigenvalue weighted by Gasteiger charge is 2.10. The summed E-state index contributed by atoms with van der Waals surface area (Å²) < 4.78 is 13.2. The molecule has 7 nitrogen and oxygen atoms in total. The van der Waals surface area contributed by atoms with Crippen molar-refractivity contribution in [2.45, 2.75) is 13.1 Å². The third kappa shape index (κ3) is 5.26. The molecule has 0 saturated heterocycles. The van der Waals surface area contributed by atoms with E-state index in [0.717, 1.165) is 11.1 Å². The van der Waals surface area contributed by atoms with Crippen LogP contribution in [0.2, 0.25) is 0 Å². The molecule has 0 fully saturated rings. The van der Waals surface area contributed by atoms with Gasteiger partial charge in [-0.1, -0.05) is 24.3 Å². The van der Waals surface area contributed by atoms with Crippen molar-refractivity contribution in [3.63, 3.8) is 0 Å². The summed E-state index contributed by atoms with van der Waals surface area (Å²) in [7, 11) is 2.73. The van der Waals surface area contributed by atoms with Crippen LogP contribution in [-0.2, 0) is 22.6 Å². The molecule has 28 heavy (non-hydrogen) atoms. The van der Waals surface area contributed by atoms with Crippen LogP contribution in [0.3, 0.4) is 0 Å². The largest absolute Gasteiger partial charge is 1.00 e. The van der Waals surface area contributed by atoms with Gasteiger partial charge in [0.2, 0.25) is 6.33 Å². The molecule has 0 saturated carbocycles. The van der Waals surface area contributed by atoms with Gasteiger partial charge >= 0.3 is 11.9 Å². The molecule has 0 N–H and O–H groups in total. The summed E-state index contributed by atoms with van der Waals surface area (Å²) in [6.45, 7) is 1.23. The molecule has 146 valence electrons. The zero-order chi connectivity index (χ0) is 19.2. The molecule has 0 spiro atoms. The molecular formula is C20H20BrN3O4. The predicted molar refractivity (Wildman–Crippen MR) is 96.2 cm³/mol. The molecule has 0 bridgehead atoms. The van der Waals surface area contributed by atoms with Gasteiger partial charge in [-0.3, -0.25) is 0 Å². The topological polar surface area (TPSA) is 74.3 Å². The van der Waals surface area contributed by atoms with Crippen molar-refractivity contribution in [3.05, 3.63) is 83.4 Å². The van der Waals surface area contributed by atoms with E-state index in [1.165, 1.54) is 14.2 Å². The zero-order valence-electron chi connectivity index (χ0n) is 15.5. The Labute approximate surface area is 173 Å². The van der Waals surface area contributed by atoms with Crippen molar-refractivity contribution < 1.29 is 40.6 Å². The zero-order valence-corrected chi connectivity index (χ0v) is 17.1. The molecule has 0 aliphatic heterocycles. The normalized spacial score (nSPS) is 10.1. The summed E-state index contributed by atoms with van der Waals surface area (Å²) in [4.78, 5) is 22.9. The number of hydrogen-bond donors (Lipinski definition) is 0. The van der Waals surface area contributed by atoms with Crippen molar-refractivity contribution in [1.29, 1.82) is 0 Å². The third-order valence-electron chi connectivity index (χ3n) is 4.09. The van der Waals surface area contributed by atoms with Crippen LogP contribution in [0.4, 0.5) is 0 Å². The van der Waals surface area contributed by atoms with E-state index in [-0.39, 0.29) is 28.9 Å². The average Bonchev–Trinajstić information content (AvgIpc) is 3.14. The van der Waals surface area contributed by atoms with E-state index in [0.29, 0.717) is 24.2 Å². The van der Waals surface area contributed by atoms with Crippen LogP contribution in [0.1, 0.15) is 31.8 Å². The van der Waals surface area contributed by atoms with Gasteiger partial charge in [-0.05, 0) is 35.4 Å². The number of esters is 2. The Morgan fingerprint density at radius 1 is 0.893 bits per heavy atom. The van der Waals surface area contributed by atoms with E-state index in [1.54, 1.807) is 30.6 Å². The highest BCUT2D eigenvalue weighted by molar-refractivity contribution is 5.89. The molecule has 8 heteroatoms. The molecule has 0 amide bonds. The molecule has 1 aromatic heterocycles. The number of carbonyl (C=O) groups is 2. The van der Waals surface area contributed by atoms with Crippen molar-refractivity contribution in [2.75, 3.05) is 14.2 Å². The van der Waals surface area contributed by atoms with E-state index in [1.807, 2.05) is 39.8 Å². The molecule has 0 radical (unpaired) electrons. The fourth-order valence-electron chi connectivity index (χ4n) is 2.65. The standard InChI is InChI=1S/C20H20N3O4.BrH/c1-26-19(24)17-7-3-15(4-8-17)11-22-13-21-23(14-22)12-16-5-9-18(10-6-16)20(25)27-2;/h3-10,13-14H,11-12H2,1-2H3;1H/q+1;/p-1. The molecule has 3 rings (SSSR count). The van der Waals surface area contributed by atoms with Crippen molar-refractivity contribution in [2.24, 2.45) is 0 Å². The Hall–Kier alpha value is -3.00. The SMILES string of the molecule is COC(=O)c1ccc(Cn2c[n+](Cc3ccc(C(=O)OC)cc3)cn2)cc1.[Br-]. The summed E-state index contributed by atoms with van der Waals surface area (Å²) in [6, 6.07) is 14.5. The molecule has 3 aromatic rings. The number of benzene rings is 2. The van der Waals surface area contributed by atoms with Gasteiger partial charge < -0.3 is 26.5 Å². The van der Waals surface area contributed by atoms with Crippen LogP contribution in [0.15, 0.2) is 61.2 Å². The van der Waals surface area contributed by atoms with E-state index < -0.39 is 0 Å². The van der Waals surface area contributed by atoms with Crippen molar-refractivity contribution in [1.82, 2.24) is 9.78 Å². The lowest BCUT2D eigenvalue weighted by molar-refractivity contribution is -0.689. The predicted octanol–water partition coefficient (Wildman–Crippen LogP) is -1.16. The fourth-order valence-corrected chi connectivity index (χ4v) is 2.65. The van der Waals surface area contributed by atoms with Gasteiger partial charge in [0.25, 0.3) is 6.33 Å². The first-order chi connectivity index (χ1) is 13.1. The van der Waals surface area contributed by atoms with E-state index in [2.05, 4.69) is 5.10 Å². The summed E-state index contributed by atoms with van der Waals surface area (Å²) in [5.41, 5.74) is 3.12. The third-order valence-corrected chi connectivity index (χ3v) is 4.09. The molecule has 0 aliphatic rings. The van der Waals surface area contributed by atoms with Crippen LogP contribution in [0.25, 0.3) is 0 Å². The monoisotopic (exact) mass is 445 g/mol. The van der Waals surface area contributed by atoms with Gasteiger partial charge in [-0.15, -0.1) is 4.68 Å². The minimum atomic E-state index is -0.350. The number of rotatable bonds is 6. The van der Waals surface area contributed by atoms with Gasteiger partial charge in [0.15, 0.2) is 0 Å². The quantitative estimate of drug-likeness (QED) is 0.353. The van der Waals surface area contributed by atoms with Gasteiger partial charge in [0.05, 0.1) is 31.9 Å². The first kappa shape index (κ1) is 21.3. The first-order valence-electron chi connectivity index (χ1n) is 8.35. The van der Waals surface area contributed by atoms with Crippen LogP contribution in [-0.4, -0.2) is 35.9 Å². The number of nitrogens with zero attached hydrogens (tertiary/aromatic N) is 3. The second-order valence-corrected chi connectivity index (χ2v) is 5.99. The van der Waals surface area contributed by atoms with Crippen LogP contribution in [0, 0.1) is 0 Å². The van der Waals surface area contributed by atoms with Gasteiger partial charge in [0.1, 0.15) is 6.54 Å². The first-order valence-corrected chi connectivity index (χ1v) is 8.35. The molecule has 1 heterocycles. The minimum Gasteiger partial charge on any atom is -1.00 e. The molecular weight excluding hydrogens is 426 g/mol. The number of methoxy groups -OCH3 is 2. The Balaban J connectivity index is 0.00000280. The smallest absolute Gasteiger partial charge is 0.337 e. The lowest BCUT2D eigenvalue weighted by Gasteiger charge is -2.01. The van der Waals surface area contributed by atoms with E-state index in [4.69, 9.17) is 9.47 Å². The average molecular weight is 446 g/mol. The number of hydrogen-bond acceptors (Lipinski definition) is 5. The van der Waals surface area contributed by atoms with Gasteiger partial charge in [0, 0.05) is 5.10 Å². The summed E-state index contributed by atoms with van der Waals surface area (Å²) in [6.07, 6.45) is 3.65. The summed E-state index contributed by atoms with van der Waals surface area (Å²) in [5.74, 6) is -0.697. The molecule has 2 aromatic carbocycles. The lowest BCUT2D eigenvalue weighted by Crippen LogP contribution is -3.00. The van der Waals surface area contributed by atoms with Gasteiger partial charge in [-0.2, -0.15) is 0 Å². The maximum atomic E-state index is 11.5. The summed E-state index contributed by atoms with van der Waals surface area (Å²) >= 11 is 0. The Bertz CT molecular complexity index is 861. The van der Waals surface area contributed by atoms with Crippen molar-refractivity contribution >= 4 is 11.9 Å². The summed E-state index contributed by atoms with van der Waals surface area (Å²) in [5, 5.41) is 4.35. The maximum absolute atomic E-state index is 11.5. The fraction of sp³-hybridized carbons (Fsp3) is 0.200. The van der Waals surface area contributed by atoms with Crippen LogP contribution >= 0.6 is 0 Å². The van der Waals surface area contributed by atoms with Crippen LogP contribution < -0.4 is 21.5 Å².